The van der Waals surface area contributed by atoms with Crippen molar-refractivity contribution in [2.45, 2.75) is 37.8 Å². The summed E-state index contributed by atoms with van der Waals surface area (Å²) in [6, 6.07) is 28.6. The topological polar surface area (TPSA) is 55.8 Å². The molecule has 3 aromatic rings. The third-order valence-electron chi connectivity index (χ3n) is 5.86. The summed E-state index contributed by atoms with van der Waals surface area (Å²) < 4.78 is 11.3. The molecule has 0 N–H and O–H groups in total. The molecule has 174 valence electrons. The summed E-state index contributed by atoms with van der Waals surface area (Å²) in [6.07, 6.45) is 1.82. The zero-order chi connectivity index (χ0) is 24.3. The van der Waals surface area contributed by atoms with Gasteiger partial charge in [0.05, 0.1) is 7.11 Å². The Morgan fingerprint density at radius 2 is 1.35 bits per heavy atom. The summed E-state index contributed by atoms with van der Waals surface area (Å²) in [7, 11) is 1.35. The molecular formula is C29H29NO4. The van der Waals surface area contributed by atoms with Crippen LogP contribution in [0.3, 0.4) is 0 Å². The Hall–Kier alpha value is -3.86. The number of nitrogens with zero attached hydrogens (tertiary/aromatic N) is 1. The molecule has 0 bridgehead atoms. The lowest BCUT2D eigenvalue weighted by Crippen LogP contribution is -2.55. The minimum atomic E-state index is -1.37. The Labute approximate surface area is 200 Å². The van der Waals surface area contributed by atoms with Crippen LogP contribution >= 0.6 is 0 Å². The molecule has 0 saturated carbocycles. The fourth-order valence-electron chi connectivity index (χ4n) is 4.56. The van der Waals surface area contributed by atoms with Gasteiger partial charge in [0.2, 0.25) is 0 Å². The SMILES string of the molecule is COC(=O)C1=C[C@H](c2ccccc2)[C@](C(=O)OC(C)(C)C)(c2ccccc2)N1c1ccccc1. The molecule has 0 saturated heterocycles. The van der Waals surface area contributed by atoms with Crippen LogP contribution in [0.5, 0.6) is 0 Å². The molecule has 5 nitrogen and oxygen atoms in total. The summed E-state index contributed by atoms with van der Waals surface area (Å²) in [6.45, 7) is 5.53. The quantitative estimate of drug-likeness (QED) is 0.470. The third-order valence-corrected chi connectivity index (χ3v) is 5.86. The maximum atomic E-state index is 14.4. The van der Waals surface area contributed by atoms with E-state index in [0.717, 1.165) is 11.1 Å². The van der Waals surface area contributed by atoms with Crippen molar-refractivity contribution in [1.82, 2.24) is 0 Å². The van der Waals surface area contributed by atoms with E-state index in [-0.39, 0.29) is 5.70 Å². The molecule has 3 aromatic carbocycles. The van der Waals surface area contributed by atoms with Crippen molar-refractivity contribution in [2.75, 3.05) is 12.0 Å². The molecule has 34 heavy (non-hydrogen) atoms. The zero-order valence-corrected chi connectivity index (χ0v) is 19.9. The maximum absolute atomic E-state index is 14.4. The average molecular weight is 456 g/mol. The van der Waals surface area contributed by atoms with Crippen molar-refractivity contribution < 1.29 is 19.1 Å². The number of ether oxygens (including phenoxy) is 2. The minimum Gasteiger partial charge on any atom is -0.464 e. The van der Waals surface area contributed by atoms with Crippen LogP contribution < -0.4 is 4.90 Å². The van der Waals surface area contributed by atoms with Gasteiger partial charge < -0.3 is 14.4 Å². The highest BCUT2D eigenvalue weighted by atomic mass is 16.6. The highest BCUT2D eigenvalue weighted by Crippen LogP contribution is 2.53. The highest BCUT2D eigenvalue weighted by molar-refractivity contribution is 6.01. The van der Waals surface area contributed by atoms with Gasteiger partial charge in [-0.15, -0.1) is 0 Å². The molecular weight excluding hydrogens is 426 g/mol. The Morgan fingerprint density at radius 1 is 0.824 bits per heavy atom. The van der Waals surface area contributed by atoms with E-state index in [1.54, 1.807) is 4.90 Å². The van der Waals surface area contributed by atoms with Crippen LogP contribution in [0.2, 0.25) is 0 Å². The number of hydrogen-bond donors (Lipinski definition) is 0. The summed E-state index contributed by atoms with van der Waals surface area (Å²) in [5.74, 6) is -1.48. The Morgan fingerprint density at radius 3 is 1.88 bits per heavy atom. The first-order valence-corrected chi connectivity index (χ1v) is 11.3. The summed E-state index contributed by atoms with van der Waals surface area (Å²) in [5.41, 5.74) is 0.468. The van der Waals surface area contributed by atoms with E-state index in [9.17, 15) is 9.59 Å². The molecule has 2 atom stereocenters. The summed E-state index contributed by atoms with van der Waals surface area (Å²) in [5, 5.41) is 0. The van der Waals surface area contributed by atoms with Crippen molar-refractivity contribution in [2.24, 2.45) is 0 Å². The molecule has 1 aliphatic heterocycles. The van der Waals surface area contributed by atoms with Crippen LogP contribution in [0, 0.1) is 0 Å². The minimum absolute atomic E-state index is 0.289. The number of rotatable bonds is 5. The second-order valence-electron chi connectivity index (χ2n) is 9.24. The van der Waals surface area contributed by atoms with E-state index < -0.39 is 29.0 Å². The van der Waals surface area contributed by atoms with Gasteiger partial charge in [0.15, 0.2) is 5.54 Å². The fraction of sp³-hybridized carbons (Fsp3) is 0.241. The molecule has 0 radical (unpaired) electrons. The molecule has 0 aromatic heterocycles. The number of benzene rings is 3. The van der Waals surface area contributed by atoms with Crippen LogP contribution in [0.25, 0.3) is 0 Å². The van der Waals surface area contributed by atoms with Crippen LogP contribution in [-0.4, -0.2) is 24.6 Å². The average Bonchev–Trinajstić information content (AvgIpc) is 3.21. The van der Waals surface area contributed by atoms with E-state index >= 15 is 0 Å². The number of hydrogen-bond acceptors (Lipinski definition) is 5. The number of esters is 2. The van der Waals surface area contributed by atoms with Crippen LogP contribution in [0.4, 0.5) is 5.69 Å². The van der Waals surface area contributed by atoms with Gasteiger partial charge in [-0.3, -0.25) is 0 Å². The van der Waals surface area contributed by atoms with Gasteiger partial charge in [-0.25, -0.2) is 9.59 Å². The van der Waals surface area contributed by atoms with Gasteiger partial charge in [0.25, 0.3) is 0 Å². The second-order valence-corrected chi connectivity index (χ2v) is 9.24. The first-order valence-electron chi connectivity index (χ1n) is 11.3. The van der Waals surface area contributed by atoms with E-state index in [0.29, 0.717) is 5.69 Å². The first-order chi connectivity index (χ1) is 16.3. The van der Waals surface area contributed by atoms with Crippen LogP contribution in [-0.2, 0) is 24.6 Å². The van der Waals surface area contributed by atoms with Gasteiger partial charge in [-0.1, -0.05) is 78.9 Å². The second kappa shape index (κ2) is 9.18. The predicted molar refractivity (Wildman–Crippen MR) is 132 cm³/mol. The zero-order valence-electron chi connectivity index (χ0n) is 19.9. The van der Waals surface area contributed by atoms with E-state index in [1.165, 1.54) is 7.11 Å². The smallest absolute Gasteiger partial charge is 0.354 e. The molecule has 0 spiro atoms. The van der Waals surface area contributed by atoms with Gasteiger partial charge in [0, 0.05) is 11.6 Å². The standard InChI is InChI=1S/C29H29NO4/c1-28(2,3)34-27(32)29(22-16-10-6-11-17-22)24(21-14-8-5-9-15-21)20-25(26(31)33-4)30(29)23-18-12-7-13-19-23/h5-20,24H,1-4H3/t24-,29+/m1/s1. The van der Waals surface area contributed by atoms with Gasteiger partial charge in [-0.05, 0) is 50.1 Å². The maximum Gasteiger partial charge on any atom is 0.354 e. The number of para-hydroxylation sites is 1. The highest BCUT2D eigenvalue weighted by Gasteiger charge is 2.60. The molecule has 0 unspecified atom stereocenters. The van der Waals surface area contributed by atoms with Gasteiger partial charge in [0.1, 0.15) is 11.3 Å². The molecule has 4 rings (SSSR count). The van der Waals surface area contributed by atoms with Crippen molar-refractivity contribution in [3.8, 4) is 0 Å². The normalized spacial score (nSPS) is 19.9. The number of carbonyl (C=O) groups excluding carboxylic acids is 2. The lowest BCUT2D eigenvalue weighted by atomic mass is 9.75. The van der Waals surface area contributed by atoms with Gasteiger partial charge >= 0.3 is 11.9 Å². The van der Waals surface area contributed by atoms with Crippen molar-refractivity contribution >= 4 is 17.6 Å². The summed E-state index contributed by atoms with van der Waals surface area (Å²) in [4.78, 5) is 29.3. The van der Waals surface area contributed by atoms with Crippen LogP contribution in [0.1, 0.15) is 37.8 Å². The molecule has 0 amide bonds. The van der Waals surface area contributed by atoms with E-state index in [4.69, 9.17) is 9.47 Å². The van der Waals surface area contributed by atoms with Gasteiger partial charge in [-0.2, -0.15) is 0 Å². The Kier molecular flexibility index (Phi) is 6.29. The molecule has 5 heteroatoms. The van der Waals surface area contributed by atoms with E-state index in [1.807, 2.05) is 118 Å². The molecule has 1 aliphatic rings. The van der Waals surface area contributed by atoms with Crippen molar-refractivity contribution in [1.29, 1.82) is 0 Å². The molecule has 1 heterocycles. The lowest BCUT2D eigenvalue weighted by molar-refractivity contribution is -0.162. The van der Waals surface area contributed by atoms with Crippen molar-refractivity contribution in [3.05, 3.63) is 114 Å². The Bertz CT molecular complexity index is 1180. The number of methoxy groups -OCH3 is 1. The fourth-order valence-corrected chi connectivity index (χ4v) is 4.56. The van der Waals surface area contributed by atoms with Crippen molar-refractivity contribution in [3.63, 3.8) is 0 Å². The largest absolute Gasteiger partial charge is 0.464 e. The van der Waals surface area contributed by atoms with Crippen LogP contribution in [0.15, 0.2) is 103 Å². The first kappa shape index (κ1) is 23.3. The Balaban J connectivity index is 2.09. The lowest BCUT2D eigenvalue weighted by Gasteiger charge is -2.44. The number of anilines is 1. The van der Waals surface area contributed by atoms with E-state index in [2.05, 4.69) is 0 Å². The monoisotopic (exact) mass is 455 g/mol. The summed E-state index contributed by atoms with van der Waals surface area (Å²) >= 11 is 0. The molecule has 0 fully saturated rings. The molecule has 0 aliphatic carbocycles. The predicted octanol–water partition coefficient (Wildman–Crippen LogP) is 5.58. The number of carbonyl (C=O) groups is 2. The third kappa shape index (κ3) is 4.10.